The number of phenols is 1. The Morgan fingerprint density at radius 1 is 1.16 bits per heavy atom. The average molecular weight is 504 g/mol. The summed E-state index contributed by atoms with van der Waals surface area (Å²) >= 11 is 9.45. The molecular weight excluding hydrogens is 483 g/mol. The SMILES string of the molecule is CCOc1ccc(C2=N[C@@H](c3ccc(F)c(Br)c3)N[C@@H](c3cc(Cl)ccc3O)C2)cc1. The van der Waals surface area contributed by atoms with Crippen LogP contribution < -0.4 is 10.1 Å². The van der Waals surface area contributed by atoms with Crippen molar-refractivity contribution in [2.24, 2.45) is 4.99 Å². The molecule has 0 saturated carbocycles. The minimum Gasteiger partial charge on any atom is -0.508 e. The van der Waals surface area contributed by atoms with Gasteiger partial charge in [-0.15, -0.1) is 0 Å². The minimum atomic E-state index is -0.421. The molecule has 31 heavy (non-hydrogen) atoms. The molecule has 2 atom stereocenters. The first-order chi connectivity index (χ1) is 14.9. The van der Waals surface area contributed by atoms with Crippen LogP contribution in [-0.4, -0.2) is 17.4 Å². The standard InChI is InChI=1S/C24H21BrClFN2O2/c1-2-31-17-7-3-14(4-8-17)21-13-22(18-12-16(26)6-10-23(18)30)29-24(28-21)15-5-9-20(27)19(25)11-15/h3-12,22,24,29-30H,2,13H2,1H3/t22-,24-/m1/s1. The summed E-state index contributed by atoms with van der Waals surface area (Å²) < 4.78 is 19.7. The minimum absolute atomic E-state index is 0.161. The van der Waals surface area contributed by atoms with E-state index in [4.69, 9.17) is 21.3 Å². The molecule has 0 aromatic heterocycles. The van der Waals surface area contributed by atoms with E-state index >= 15 is 0 Å². The fraction of sp³-hybridized carbons (Fsp3) is 0.208. The van der Waals surface area contributed by atoms with Crippen LogP contribution in [0, 0.1) is 5.82 Å². The Morgan fingerprint density at radius 3 is 2.65 bits per heavy atom. The fourth-order valence-corrected chi connectivity index (χ4v) is 4.23. The number of ether oxygens (including phenoxy) is 1. The van der Waals surface area contributed by atoms with Crippen molar-refractivity contribution < 1.29 is 14.2 Å². The number of aliphatic imine (C=N–C) groups is 1. The number of benzene rings is 3. The molecule has 0 spiro atoms. The third-order valence-corrected chi connectivity index (χ3v) is 6.01. The van der Waals surface area contributed by atoms with Gasteiger partial charge in [0.2, 0.25) is 0 Å². The molecule has 4 nitrogen and oxygen atoms in total. The number of hydrogen-bond acceptors (Lipinski definition) is 4. The normalized spacial score (nSPS) is 18.5. The van der Waals surface area contributed by atoms with Crippen molar-refractivity contribution in [3.63, 3.8) is 0 Å². The van der Waals surface area contributed by atoms with Gasteiger partial charge in [0.15, 0.2) is 0 Å². The van der Waals surface area contributed by atoms with Gasteiger partial charge in [-0.05, 0) is 88.6 Å². The Morgan fingerprint density at radius 2 is 1.94 bits per heavy atom. The quantitative estimate of drug-likeness (QED) is 0.414. The maximum atomic E-state index is 13.8. The fourth-order valence-electron chi connectivity index (χ4n) is 3.65. The van der Waals surface area contributed by atoms with Crippen molar-refractivity contribution in [3.8, 4) is 11.5 Å². The van der Waals surface area contributed by atoms with Gasteiger partial charge in [0.05, 0.1) is 11.1 Å². The lowest BCUT2D eigenvalue weighted by molar-refractivity contribution is 0.340. The van der Waals surface area contributed by atoms with Gasteiger partial charge in [-0.25, -0.2) is 4.39 Å². The monoisotopic (exact) mass is 502 g/mol. The molecule has 0 unspecified atom stereocenters. The molecule has 0 fully saturated rings. The van der Waals surface area contributed by atoms with Crippen molar-refractivity contribution in [1.29, 1.82) is 0 Å². The summed E-state index contributed by atoms with van der Waals surface area (Å²) in [5.41, 5.74) is 3.33. The highest BCUT2D eigenvalue weighted by molar-refractivity contribution is 9.10. The molecule has 0 amide bonds. The Bertz CT molecular complexity index is 1120. The van der Waals surface area contributed by atoms with Gasteiger partial charge in [0.1, 0.15) is 23.5 Å². The van der Waals surface area contributed by atoms with E-state index < -0.39 is 6.17 Å². The maximum Gasteiger partial charge on any atom is 0.137 e. The van der Waals surface area contributed by atoms with Gasteiger partial charge in [0, 0.05) is 28.8 Å². The second kappa shape index (κ2) is 9.39. The van der Waals surface area contributed by atoms with E-state index in [2.05, 4.69) is 21.2 Å². The number of phenolic OH excluding ortho intramolecular Hbond substituents is 1. The van der Waals surface area contributed by atoms with E-state index in [0.29, 0.717) is 28.1 Å². The van der Waals surface area contributed by atoms with Crippen molar-refractivity contribution in [2.45, 2.75) is 25.6 Å². The predicted molar refractivity (Wildman–Crippen MR) is 125 cm³/mol. The van der Waals surface area contributed by atoms with E-state index in [1.165, 1.54) is 6.07 Å². The summed E-state index contributed by atoms with van der Waals surface area (Å²) in [5, 5.41) is 14.5. The number of aromatic hydroxyl groups is 1. The molecule has 0 aliphatic carbocycles. The highest BCUT2D eigenvalue weighted by atomic mass is 79.9. The lowest BCUT2D eigenvalue weighted by atomic mass is 9.93. The molecule has 7 heteroatoms. The summed E-state index contributed by atoms with van der Waals surface area (Å²) in [7, 11) is 0. The molecule has 0 saturated heterocycles. The van der Waals surface area contributed by atoms with Gasteiger partial charge < -0.3 is 9.84 Å². The number of halogens is 3. The molecule has 160 valence electrons. The van der Waals surface area contributed by atoms with E-state index in [9.17, 15) is 9.50 Å². The molecule has 2 N–H and O–H groups in total. The van der Waals surface area contributed by atoms with Crippen molar-refractivity contribution in [3.05, 3.63) is 92.7 Å². The van der Waals surface area contributed by atoms with Crippen molar-refractivity contribution in [2.75, 3.05) is 6.61 Å². The summed E-state index contributed by atoms with van der Waals surface area (Å²) in [5.74, 6) is 0.622. The molecule has 3 aromatic carbocycles. The highest BCUT2D eigenvalue weighted by Crippen LogP contribution is 2.36. The summed E-state index contributed by atoms with van der Waals surface area (Å²) in [6, 6.07) is 17.4. The van der Waals surface area contributed by atoms with Crippen molar-refractivity contribution >= 4 is 33.2 Å². The molecule has 1 aliphatic rings. The number of nitrogens with one attached hydrogen (secondary N) is 1. The number of hydrogen-bond donors (Lipinski definition) is 2. The smallest absolute Gasteiger partial charge is 0.137 e. The second-order valence-electron chi connectivity index (χ2n) is 7.24. The molecule has 0 bridgehead atoms. The first-order valence-corrected chi connectivity index (χ1v) is 11.1. The van der Waals surface area contributed by atoms with Crippen LogP contribution in [0.4, 0.5) is 4.39 Å². The van der Waals surface area contributed by atoms with Crippen LogP contribution in [0.25, 0.3) is 0 Å². The topological polar surface area (TPSA) is 53.8 Å². The zero-order chi connectivity index (χ0) is 22.0. The lowest BCUT2D eigenvalue weighted by Crippen LogP contribution is -2.33. The Hall–Kier alpha value is -2.41. The first kappa shape index (κ1) is 21.8. The molecule has 4 rings (SSSR count). The van der Waals surface area contributed by atoms with Crippen molar-refractivity contribution in [1.82, 2.24) is 5.32 Å². The van der Waals surface area contributed by atoms with Gasteiger partial charge in [0.25, 0.3) is 0 Å². The van der Waals surface area contributed by atoms with Crippen LogP contribution in [0.15, 0.2) is 70.1 Å². The van der Waals surface area contributed by atoms with Crippen LogP contribution in [0.2, 0.25) is 5.02 Å². The van der Waals surface area contributed by atoms with Gasteiger partial charge in [-0.2, -0.15) is 0 Å². The molecule has 3 aromatic rings. The Kier molecular flexibility index (Phi) is 6.60. The first-order valence-electron chi connectivity index (χ1n) is 9.94. The molecule has 1 aliphatic heterocycles. The zero-order valence-electron chi connectivity index (χ0n) is 16.8. The second-order valence-corrected chi connectivity index (χ2v) is 8.53. The third kappa shape index (κ3) is 4.92. The highest BCUT2D eigenvalue weighted by Gasteiger charge is 2.28. The third-order valence-electron chi connectivity index (χ3n) is 5.16. The Balaban J connectivity index is 1.74. The van der Waals surface area contributed by atoms with E-state index in [0.717, 1.165) is 22.6 Å². The summed E-state index contributed by atoms with van der Waals surface area (Å²) in [6.07, 6.45) is 0.136. The van der Waals surface area contributed by atoms with Gasteiger partial charge in [-0.3, -0.25) is 10.3 Å². The lowest BCUT2D eigenvalue weighted by Gasteiger charge is -2.31. The molecule has 1 heterocycles. The van der Waals surface area contributed by atoms with E-state index in [1.54, 1.807) is 30.3 Å². The van der Waals surface area contributed by atoms with Crippen LogP contribution in [-0.2, 0) is 0 Å². The van der Waals surface area contributed by atoms with Crippen LogP contribution in [0.5, 0.6) is 11.5 Å². The van der Waals surface area contributed by atoms with E-state index in [1.807, 2.05) is 31.2 Å². The largest absolute Gasteiger partial charge is 0.508 e. The van der Waals surface area contributed by atoms with Crippen LogP contribution in [0.1, 0.15) is 42.2 Å². The summed E-state index contributed by atoms with van der Waals surface area (Å²) in [4.78, 5) is 4.90. The number of nitrogens with zero attached hydrogens (tertiary/aromatic N) is 1. The average Bonchev–Trinajstić information content (AvgIpc) is 2.78. The van der Waals surface area contributed by atoms with E-state index in [-0.39, 0.29) is 17.6 Å². The number of rotatable bonds is 5. The molecule has 0 radical (unpaired) electrons. The van der Waals surface area contributed by atoms with Gasteiger partial charge >= 0.3 is 0 Å². The Labute approximate surface area is 193 Å². The van der Waals surface area contributed by atoms with Crippen LogP contribution >= 0.6 is 27.5 Å². The summed E-state index contributed by atoms with van der Waals surface area (Å²) in [6.45, 7) is 2.54. The van der Waals surface area contributed by atoms with Gasteiger partial charge in [-0.1, -0.05) is 17.7 Å². The van der Waals surface area contributed by atoms with Crippen LogP contribution in [0.3, 0.4) is 0 Å². The maximum absolute atomic E-state index is 13.8. The predicted octanol–water partition coefficient (Wildman–Crippen LogP) is 6.57. The zero-order valence-corrected chi connectivity index (χ0v) is 19.1. The molecular formula is C24H21BrClFN2O2.